The van der Waals surface area contributed by atoms with Crippen molar-refractivity contribution in [3.05, 3.63) is 53.6 Å². The Morgan fingerprint density at radius 1 is 1.20 bits per heavy atom. The summed E-state index contributed by atoms with van der Waals surface area (Å²) in [4.78, 5) is 15.3. The van der Waals surface area contributed by atoms with E-state index < -0.39 is 6.10 Å². The first-order valence-electron chi connectivity index (χ1n) is 12.1. The number of hydrogen-bond donors (Lipinski definition) is 2. The summed E-state index contributed by atoms with van der Waals surface area (Å²) in [6.45, 7) is 3.10. The molecule has 1 atom stereocenters. The summed E-state index contributed by atoms with van der Waals surface area (Å²) >= 11 is 8.21. The van der Waals surface area contributed by atoms with Crippen molar-refractivity contribution in [1.29, 1.82) is 0 Å². The average Bonchev–Trinajstić information content (AvgIpc) is 2.90. The van der Waals surface area contributed by atoms with Crippen LogP contribution in [0, 0.1) is 5.41 Å². The zero-order chi connectivity index (χ0) is 24.7. The largest absolute Gasteiger partial charge is 0.497 e. The summed E-state index contributed by atoms with van der Waals surface area (Å²) in [5.41, 5.74) is 1.28. The molecule has 1 aromatic carbocycles. The zero-order valence-corrected chi connectivity index (χ0v) is 21.6. The van der Waals surface area contributed by atoms with Gasteiger partial charge in [0.2, 0.25) is 0 Å². The molecule has 9 heteroatoms. The van der Waals surface area contributed by atoms with Crippen LogP contribution in [0.25, 0.3) is 10.9 Å². The van der Waals surface area contributed by atoms with Crippen LogP contribution in [-0.4, -0.2) is 69.2 Å². The third-order valence-electron chi connectivity index (χ3n) is 7.01. The number of rotatable bonds is 11. The second kappa shape index (κ2) is 12.3. The number of nitrogens with zero attached hydrogens (tertiary/aromatic N) is 4. The van der Waals surface area contributed by atoms with E-state index in [2.05, 4.69) is 19.9 Å². The summed E-state index contributed by atoms with van der Waals surface area (Å²) in [7, 11) is 1.61. The van der Waals surface area contributed by atoms with Gasteiger partial charge in [-0.3, -0.25) is 9.97 Å². The predicted octanol–water partition coefficient (Wildman–Crippen LogP) is 4.76. The average molecular weight is 517 g/mol. The van der Waals surface area contributed by atoms with Crippen LogP contribution >= 0.6 is 23.4 Å². The van der Waals surface area contributed by atoms with Gasteiger partial charge in [0.05, 0.1) is 29.9 Å². The summed E-state index contributed by atoms with van der Waals surface area (Å²) in [5.74, 6) is 1.71. The molecular weight excluding hydrogens is 484 g/mol. The molecule has 188 valence electrons. The lowest BCUT2D eigenvalue weighted by atomic mass is 9.74. The first-order valence-corrected chi connectivity index (χ1v) is 13.4. The molecule has 35 heavy (non-hydrogen) atoms. The van der Waals surface area contributed by atoms with Gasteiger partial charge >= 0.3 is 0 Å². The van der Waals surface area contributed by atoms with Crippen LogP contribution in [0.3, 0.4) is 0 Å². The van der Waals surface area contributed by atoms with Crippen LogP contribution in [0.2, 0.25) is 5.02 Å². The van der Waals surface area contributed by atoms with Gasteiger partial charge in [0.25, 0.3) is 0 Å². The van der Waals surface area contributed by atoms with Gasteiger partial charge in [0.1, 0.15) is 10.8 Å². The fraction of sp³-hybridized carbons (Fsp3) is 0.500. The Hall–Kier alpha value is -1.97. The van der Waals surface area contributed by atoms with E-state index in [4.69, 9.17) is 16.3 Å². The van der Waals surface area contributed by atoms with E-state index >= 15 is 0 Å². The highest BCUT2D eigenvalue weighted by atomic mass is 35.5. The molecule has 0 radical (unpaired) electrons. The fourth-order valence-corrected chi connectivity index (χ4v) is 5.81. The maximum atomic E-state index is 11.1. The van der Waals surface area contributed by atoms with Crippen LogP contribution in [0.5, 0.6) is 5.75 Å². The first kappa shape index (κ1) is 26.1. The normalized spacial score (nSPS) is 16.9. The number of thioether (sulfide) groups is 1. The van der Waals surface area contributed by atoms with E-state index in [1.165, 1.54) is 0 Å². The standard InChI is InChI=1S/C26H33ClN4O3S/c1-34-19-3-4-22-20(15-19)25(21(27)16-30-22)23(33)5-6-26(18-32)7-12-31(13-8-26)11-2-14-35-24-17-28-9-10-29-24/h3-4,9-10,15-17,23,32-33H,2,5-8,11-14,18H2,1H3. The minimum atomic E-state index is -0.736. The van der Waals surface area contributed by atoms with Crippen molar-refractivity contribution in [2.45, 2.75) is 43.2 Å². The molecule has 1 fully saturated rings. The zero-order valence-electron chi connectivity index (χ0n) is 20.1. The summed E-state index contributed by atoms with van der Waals surface area (Å²) in [5, 5.41) is 23.6. The third kappa shape index (κ3) is 6.62. The second-order valence-electron chi connectivity index (χ2n) is 9.20. The molecule has 1 saturated heterocycles. The van der Waals surface area contributed by atoms with Gasteiger partial charge in [-0.15, -0.1) is 11.8 Å². The van der Waals surface area contributed by atoms with E-state index in [1.807, 2.05) is 18.2 Å². The number of likely N-dealkylation sites (tertiary alicyclic amines) is 1. The predicted molar refractivity (Wildman–Crippen MR) is 140 cm³/mol. The molecule has 3 heterocycles. The maximum Gasteiger partial charge on any atom is 0.119 e. The first-order chi connectivity index (χ1) is 17.0. The van der Waals surface area contributed by atoms with Gasteiger partial charge in [-0.2, -0.15) is 0 Å². The van der Waals surface area contributed by atoms with Crippen molar-refractivity contribution < 1.29 is 14.9 Å². The number of pyridine rings is 1. The van der Waals surface area contributed by atoms with Crippen LogP contribution in [0.15, 0.2) is 48.0 Å². The number of piperidine rings is 1. The van der Waals surface area contributed by atoms with Crippen molar-refractivity contribution in [3.63, 3.8) is 0 Å². The van der Waals surface area contributed by atoms with E-state index in [0.29, 0.717) is 22.8 Å². The highest BCUT2D eigenvalue weighted by Crippen LogP contribution is 2.40. The molecule has 0 amide bonds. The van der Waals surface area contributed by atoms with Crippen molar-refractivity contribution in [2.75, 3.05) is 39.1 Å². The van der Waals surface area contributed by atoms with Crippen LogP contribution in [0.4, 0.5) is 0 Å². The molecule has 0 spiro atoms. The Kier molecular flexibility index (Phi) is 9.19. The van der Waals surface area contributed by atoms with Crippen molar-refractivity contribution in [3.8, 4) is 5.75 Å². The number of hydrogen-bond acceptors (Lipinski definition) is 8. The number of benzene rings is 1. The van der Waals surface area contributed by atoms with E-state index in [9.17, 15) is 10.2 Å². The Balaban J connectivity index is 1.30. The molecule has 4 rings (SSSR count). The SMILES string of the molecule is COc1ccc2ncc(Cl)c(C(O)CCC3(CO)CCN(CCCSc4cnccn4)CC3)c2c1. The van der Waals surface area contributed by atoms with Crippen molar-refractivity contribution in [2.24, 2.45) is 5.41 Å². The van der Waals surface area contributed by atoms with E-state index in [0.717, 1.165) is 67.0 Å². The lowest BCUT2D eigenvalue weighted by Gasteiger charge is -2.41. The maximum absolute atomic E-state index is 11.1. The molecule has 1 unspecified atom stereocenters. The Morgan fingerprint density at radius 3 is 2.74 bits per heavy atom. The summed E-state index contributed by atoms with van der Waals surface area (Å²) < 4.78 is 5.36. The molecule has 2 aromatic heterocycles. The second-order valence-corrected chi connectivity index (χ2v) is 10.7. The molecule has 0 aliphatic carbocycles. The summed E-state index contributed by atoms with van der Waals surface area (Å²) in [6, 6.07) is 5.59. The lowest BCUT2D eigenvalue weighted by Crippen LogP contribution is -2.42. The van der Waals surface area contributed by atoms with Gasteiger partial charge < -0.3 is 19.8 Å². The minimum absolute atomic E-state index is 0.134. The Bertz CT molecular complexity index is 1100. The van der Waals surface area contributed by atoms with Crippen LogP contribution in [0.1, 0.15) is 43.8 Å². The van der Waals surface area contributed by atoms with Gasteiger partial charge in [-0.25, -0.2) is 4.98 Å². The molecule has 2 N–H and O–H groups in total. The fourth-order valence-electron chi connectivity index (χ4n) is 4.78. The number of aliphatic hydroxyl groups excluding tert-OH is 2. The van der Waals surface area contributed by atoms with Crippen molar-refractivity contribution in [1.82, 2.24) is 19.9 Å². The third-order valence-corrected chi connectivity index (χ3v) is 8.31. The molecule has 7 nitrogen and oxygen atoms in total. The number of aromatic nitrogens is 3. The number of aliphatic hydroxyl groups is 2. The van der Waals surface area contributed by atoms with Crippen LogP contribution in [-0.2, 0) is 0 Å². The number of fused-ring (bicyclic) bond motifs is 1. The summed E-state index contributed by atoms with van der Waals surface area (Å²) in [6.07, 6.45) is 10.3. The molecule has 1 aliphatic rings. The topological polar surface area (TPSA) is 91.6 Å². The highest BCUT2D eigenvalue weighted by Gasteiger charge is 2.34. The van der Waals surface area contributed by atoms with E-state index in [1.54, 1.807) is 43.7 Å². The molecular formula is C26H33ClN4O3S. The minimum Gasteiger partial charge on any atom is -0.497 e. The van der Waals surface area contributed by atoms with Gasteiger partial charge in [0, 0.05) is 41.9 Å². The monoisotopic (exact) mass is 516 g/mol. The lowest BCUT2D eigenvalue weighted by molar-refractivity contribution is 0.0238. The van der Waals surface area contributed by atoms with Crippen LogP contribution < -0.4 is 4.74 Å². The van der Waals surface area contributed by atoms with Gasteiger partial charge in [0.15, 0.2) is 0 Å². The van der Waals surface area contributed by atoms with Gasteiger partial charge in [-0.05, 0) is 75.4 Å². The smallest absolute Gasteiger partial charge is 0.119 e. The number of halogens is 1. The van der Waals surface area contributed by atoms with Gasteiger partial charge in [-0.1, -0.05) is 11.6 Å². The van der Waals surface area contributed by atoms with Crippen molar-refractivity contribution >= 4 is 34.3 Å². The number of ether oxygens (including phenoxy) is 1. The molecule has 1 aliphatic heterocycles. The molecule has 3 aromatic rings. The van der Waals surface area contributed by atoms with E-state index in [-0.39, 0.29) is 12.0 Å². The Labute approximate surface area is 215 Å². The Morgan fingerprint density at radius 2 is 2.03 bits per heavy atom. The molecule has 0 bridgehead atoms. The number of methoxy groups -OCH3 is 1. The quantitative estimate of drug-likeness (QED) is 0.278. The molecule has 0 saturated carbocycles. The highest BCUT2D eigenvalue weighted by molar-refractivity contribution is 7.99.